The van der Waals surface area contributed by atoms with E-state index in [-0.39, 0.29) is 18.9 Å². The molecule has 634 valence electrons. The summed E-state index contributed by atoms with van der Waals surface area (Å²) in [6.07, 6.45) is 58.0. The lowest BCUT2D eigenvalue weighted by Gasteiger charge is -2.48. The molecule has 3 heterocycles. The molecule has 0 spiro atoms. The van der Waals surface area contributed by atoms with Crippen LogP contribution in [0.25, 0.3) is 0 Å². The van der Waals surface area contributed by atoms with Gasteiger partial charge in [0.1, 0.15) is 73.2 Å². The van der Waals surface area contributed by atoms with Crippen LogP contribution in [0.15, 0.2) is 12.2 Å². The van der Waals surface area contributed by atoms with Crippen LogP contribution in [0.5, 0.6) is 0 Å². The number of unbranched alkanes of at least 4 members (excludes halogenated alkanes) is 59. The number of hydrogen-bond donors (Lipinski definition) is 12. The Bertz CT molecular complexity index is 1970. The van der Waals surface area contributed by atoms with Crippen molar-refractivity contribution in [3.63, 3.8) is 0 Å². The Morgan fingerprint density at radius 3 is 0.879 bits per heavy atom. The highest BCUT2D eigenvalue weighted by Gasteiger charge is 2.54. The van der Waals surface area contributed by atoms with E-state index in [9.17, 15) is 61.0 Å². The third-order valence-electron chi connectivity index (χ3n) is 23.1. The quantitative estimate of drug-likeness (QED) is 0.0199. The highest BCUT2D eigenvalue weighted by molar-refractivity contribution is 5.76. The van der Waals surface area contributed by atoms with Crippen LogP contribution in [0, 0.1) is 0 Å². The van der Waals surface area contributed by atoms with E-state index in [0.717, 1.165) is 44.9 Å². The largest absolute Gasteiger partial charge is 0.394 e. The molecule has 3 aliphatic heterocycles. The smallest absolute Gasteiger partial charge is 0.220 e. The molecule has 0 aromatic rings. The maximum atomic E-state index is 13.5. The molecule has 1 amide bonds. The van der Waals surface area contributed by atoms with Gasteiger partial charge in [0.25, 0.3) is 0 Å². The molecular formula is C88H169NO18. The molecule has 0 aliphatic carbocycles. The lowest BCUT2D eigenvalue weighted by Crippen LogP contribution is -2.66. The molecule has 0 aromatic heterocycles. The first-order valence-electron chi connectivity index (χ1n) is 45.4. The van der Waals surface area contributed by atoms with E-state index in [1.165, 1.54) is 340 Å². The molecule has 3 rings (SSSR count). The van der Waals surface area contributed by atoms with Gasteiger partial charge in [0.15, 0.2) is 18.9 Å². The summed E-state index contributed by atoms with van der Waals surface area (Å²) in [5.74, 6) is -0.264. The fourth-order valence-corrected chi connectivity index (χ4v) is 15.8. The number of ether oxygens (including phenoxy) is 6. The molecule has 3 saturated heterocycles. The molecule has 17 unspecified atom stereocenters. The van der Waals surface area contributed by atoms with Crippen molar-refractivity contribution < 1.29 is 89.4 Å². The summed E-state index contributed by atoms with van der Waals surface area (Å²) in [7, 11) is 0. The first-order chi connectivity index (χ1) is 52.3. The van der Waals surface area contributed by atoms with Crippen LogP contribution in [0.3, 0.4) is 0 Å². The van der Waals surface area contributed by atoms with E-state index in [4.69, 9.17) is 28.4 Å². The predicted molar refractivity (Wildman–Crippen MR) is 430 cm³/mol. The average Bonchev–Trinajstić information content (AvgIpc) is 0.780. The van der Waals surface area contributed by atoms with Gasteiger partial charge in [0.05, 0.1) is 38.6 Å². The number of amides is 1. The molecule has 0 bridgehead atoms. The minimum atomic E-state index is -1.98. The second-order valence-corrected chi connectivity index (χ2v) is 32.8. The van der Waals surface area contributed by atoms with Gasteiger partial charge in [-0.15, -0.1) is 0 Å². The molecule has 12 N–H and O–H groups in total. The second-order valence-electron chi connectivity index (χ2n) is 32.8. The molecule has 17 atom stereocenters. The van der Waals surface area contributed by atoms with Gasteiger partial charge >= 0.3 is 0 Å². The first-order valence-corrected chi connectivity index (χ1v) is 45.4. The van der Waals surface area contributed by atoms with Crippen molar-refractivity contribution in [2.24, 2.45) is 0 Å². The molecule has 0 aromatic carbocycles. The maximum Gasteiger partial charge on any atom is 0.220 e. The van der Waals surface area contributed by atoms with Crippen molar-refractivity contribution in [1.82, 2.24) is 5.32 Å². The SMILES string of the molecule is CCCCCCCCCCCCCCCCCCCCCCCCCCCCCC/C=C/C(O)C(COC1OC(CO)C(OC2OC(CO)C(OC3OC(CO)C(O)C(O)C3O)C(O)C2O)C(O)C1O)NC(=O)CCCCCCCCCCCCCCCCCCCCCCCCCCCCCCCCCC. The van der Waals surface area contributed by atoms with E-state index in [1.807, 2.05) is 6.08 Å². The molecular weight excluding hydrogens is 1360 g/mol. The molecule has 19 nitrogen and oxygen atoms in total. The van der Waals surface area contributed by atoms with Gasteiger partial charge in [-0.2, -0.15) is 0 Å². The predicted octanol–water partition coefficient (Wildman–Crippen LogP) is 17.1. The topological polar surface area (TPSA) is 307 Å². The van der Waals surface area contributed by atoms with E-state index >= 15 is 0 Å². The van der Waals surface area contributed by atoms with Crippen LogP contribution in [0.2, 0.25) is 0 Å². The number of aliphatic hydroxyl groups is 11. The molecule has 0 radical (unpaired) electrons. The van der Waals surface area contributed by atoms with Crippen molar-refractivity contribution >= 4 is 5.91 Å². The maximum absolute atomic E-state index is 13.5. The van der Waals surface area contributed by atoms with Gasteiger partial charge < -0.3 is 89.9 Å². The highest BCUT2D eigenvalue weighted by Crippen LogP contribution is 2.34. The van der Waals surface area contributed by atoms with Gasteiger partial charge in [-0.25, -0.2) is 0 Å². The van der Waals surface area contributed by atoms with Gasteiger partial charge in [-0.3, -0.25) is 4.79 Å². The summed E-state index contributed by atoms with van der Waals surface area (Å²) in [4.78, 5) is 13.5. The third kappa shape index (κ3) is 47.9. The van der Waals surface area contributed by atoms with Crippen molar-refractivity contribution in [3.8, 4) is 0 Å². The summed E-state index contributed by atoms with van der Waals surface area (Å²) in [6.45, 7) is 1.82. The van der Waals surface area contributed by atoms with Crippen LogP contribution in [-0.4, -0.2) is 193 Å². The minimum Gasteiger partial charge on any atom is -0.394 e. The Labute approximate surface area is 652 Å². The molecule has 19 heteroatoms. The van der Waals surface area contributed by atoms with E-state index in [1.54, 1.807) is 6.08 Å². The van der Waals surface area contributed by atoms with Crippen molar-refractivity contribution in [3.05, 3.63) is 12.2 Å². The van der Waals surface area contributed by atoms with E-state index in [2.05, 4.69) is 19.2 Å². The fraction of sp³-hybridized carbons (Fsp3) is 0.966. The number of aliphatic hydroxyl groups excluding tert-OH is 11. The number of allylic oxidation sites excluding steroid dienone is 1. The van der Waals surface area contributed by atoms with Gasteiger partial charge in [-0.1, -0.05) is 398 Å². The van der Waals surface area contributed by atoms with Crippen molar-refractivity contribution in [2.45, 2.75) is 516 Å². The summed E-state index contributed by atoms with van der Waals surface area (Å²) in [5, 5.41) is 121. The lowest BCUT2D eigenvalue weighted by atomic mass is 9.96. The Hall–Kier alpha value is -1.47. The fourth-order valence-electron chi connectivity index (χ4n) is 15.8. The summed E-state index contributed by atoms with van der Waals surface area (Å²) < 4.78 is 34.5. The van der Waals surface area contributed by atoms with Crippen LogP contribution < -0.4 is 5.32 Å². The normalized spacial score (nSPS) is 25.5. The van der Waals surface area contributed by atoms with Crippen LogP contribution in [0.4, 0.5) is 0 Å². The van der Waals surface area contributed by atoms with Crippen molar-refractivity contribution in [1.29, 1.82) is 0 Å². The van der Waals surface area contributed by atoms with Gasteiger partial charge in [0, 0.05) is 6.42 Å². The Kier molecular flexibility index (Phi) is 64.2. The number of rotatable bonds is 75. The van der Waals surface area contributed by atoms with E-state index in [0.29, 0.717) is 6.42 Å². The molecule has 3 fully saturated rings. The average molecular weight is 1530 g/mol. The Morgan fingerprint density at radius 2 is 0.579 bits per heavy atom. The van der Waals surface area contributed by atoms with Crippen LogP contribution in [-0.2, 0) is 33.2 Å². The zero-order valence-electron chi connectivity index (χ0n) is 68.4. The summed E-state index contributed by atoms with van der Waals surface area (Å²) >= 11 is 0. The number of carbonyl (C=O) groups excluding carboxylic acids is 1. The summed E-state index contributed by atoms with van der Waals surface area (Å²) in [6, 6.07) is -0.971. The monoisotopic (exact) mass is 1530 g/mol. The Morgan fingerprint density at radius 1 is 0.327 bits per heavy atom. The van der Waals surface area contributed by atoms with E-state index < -0.39 is 124 Å². The molecule has 107 heavy (non-hydrogen) atoms. The number of hydrogen-bond acceptors (Lipinski definition) is 18. The Balaban J connectivity index is 1.33. The zero-order chi connectivity index (χ0) is 77.4. The highest BCUT2D eigenvalue weighted by atomic mass is 16.8. The third-order valence-corrected chi connectivity index (χ3v) is 23.1. The van der Waals surface area contributed by atoms with Crippen molar-refractivity contribution in [2.75, 3.05) is 26.4 Å². The lowest BCUT2D eigenvalue weighted by molar-refractivity contribution is -0.379. The van der Waals surface area contributed by atoms with Crippen LogP contribution in [0.1, 0.15) is 412 Å². The molecule has 3 aliphatic rings. The first kappa shape index (κ1) is 99.7. The van der Waals surface area contributed by atoms with Crippen LogP contribution >= 0.6 is 0 Å². The minimum absolute atomic E-state index is 0.251. The number of carbonyl (C=O) groups is 1. The molecule has 0 saturated carbocycles. The summed E-state index contributed by atoms with van der Waals surface area (Å²) in [5.41, 5.74) is 0. The standard InChI is InChI=1S/C88H169NO18/c1-3-5-7-9-11-13-15-17-19-21-23-25-27-29-31-33-35-36-38-40-42-44-46-48-50-52-54-56-58-60-62-64-66-76(94)89-71(72(93)65-63-61-59-57-55-53-51-49-47-45-43-41-39-37-34-32-30-28-26-24-22-20-18-16-14-12-10-8-6-4-2)70-102-86-82(100)79(97)84(74(68-91)104-86)107-88-83(101)80(98)85(75(69-92)105-88)106-87-81(99)78(96)77(95)73(67-90)103-87/h63,65,71-75,77-88,90-93,95-101H,3-62,64,66-70H2,1-2H3,(H,89,94)/b65-63+. The van der Waals surface area contributed by atoms with Gasteiger partial charge in [0.2, 0.25) is 5.91 Å². The van der Waals surface area contributed by atoms with Gasteiger partial charge in [-0.05, 0) is 19.3 Å². The number of nitrogens with one attached hydrogen (secondary N) is 1. The second kappa shape index (κ2) is 68.9. The zero-order valence-corrected chi connectivity index (χ0v) is 68.4.